The molecule has 2 N–H and O–H groups in total. The lowest BCUT2D eigenvalue weighted by atomic mass is 10.2. The SMILES string of the molecule is Cc1cc(F)ccc1NC(=O)CNC(=O)OCc1ccccc1. The molecule has 2 aromatic rings. The average molecular weight is 316 g/mol. The number of ether oxygens (including phenoxy) is 1. The number of anilines is 1. The molecule has 6 heteroatoms. The summed E-state index contributed by atoms with van der Waals surface area (Å²) in [6.07, 6.45) is -0.681. The summed E-state index contributed by atoms with van der Waals surface area (Å²) in [5.74, 6) is -0.792. The van der Waals surface area contributed by atoms with E-state index in [9.17, 15) is 14.0 Å². The Hall–Kier alpha value is -2.89. The lowest BCUT2D eigenvalue weighted by Gasteiger charge is -2.10. The van der Waals surface area contributed by atoms with Gasteiger partial charge in [-0.15, -0.1) is 0 Å². The van der Waals surface area contributed by atoms with Crippen molar-refractivity contribution in [2.45, 2.75) is 13.5 Å². The molecule has 2 aromatic carbocycles. The normalized spacial score (nSPS) is 10.0. The van der Waals surface area contributed by atoms with Crippen molar-refractivity contribution in [2.75, 3.05) is 11.9 Å². The molecule has 0 aliphatic carbocycles. The van der Waals surface area contributed by atoms with Crippen LogP contribution in [-0.4, -0.2) is 18.5 Å². The first kappa shape index (κ1) is 16.5. The largest absolute Gasteiger partial charge is 0.445 e. The van der Waals surface area contributed by atoms with Gasteiger partial charge in [0.2, 0.25) is 5.91 Å². The van der Waals surface area contributed by atoms with E-state index in [1.54, 1.807) is 6.92 Å². The predicted octanol–water partition coefficient (Wildman–Crippen LogP) is 3.00. The highest BCUT2D eigenvalue weighted by molar-refractivity contribution is 5.94. The van der Waals surface area contributed by atoms with Crippen molar-refractivity contribution in [3.63, 3.8) is 0 Å². The zero-order valence-corrected chi connectivity index (χ0v) is 12.6. The Morgan fingerprint density at radius 1 is 1.13 bits per heavy atom. The smallest absolute Gasteiger partial charge is 0.407 e. The number of hydrogen-bond acceptors (Lipinski definition) is 3. The molecule has 0 bridgehead atoms. The van der Waals surface area contributed by atoms with E-state index in [4.69, 9.17) is 4.74 Å². The van der Waals surface area contributed by atoms with Gasteiger partial charge in [0.15, 0.2) is 0 Å². The molecule has 0 saturated carbocycles. The maximum atomic E-state index is 13.0. The molecule has 0 atom stereocenters. The quantitative estimate of drug-likeness (QED) is 0.891. The molecule has 0 aromatic heterocycles. The maximum absolute atomic E-state index is 13.0. The van der Waals surface area contributed by atoms with E-state index < -0.39 is 12.0 Å². The van der Waals surface area contributed by atoms with Gasteiger partial charge in [0, 0.05) is 5.69 Å². The summed E-state index contributed by atoms with van der Waals surface area (Å²) < 4.78 is 18.0. The first-order valence-electron chi connectivity index (χ1n) is 7.05. The predicted molar refractivity (Wildman–Crippen MR) is 84.4 cm³/mol. The summed E-state index contributed by atoms with van der Waals surface area (Å²) in [6, 6.07) is 13.3. The number of carbonyl (C=O) groups excluding carboxylic acids is 2. The third kappa shape index (κ3) is 5.43. The first-order valence-corrected chi connectivity index (χ1v) is 7.05. The van der Waals surface area contributed by atoms with Gasteiger partial charge in [-0.1, -0.05) is 30.3 Å². The summed E-state index contributed by atoms with van der Waals surface area (Å²) in [5.41, 5.74) is 1.95. The van der Waals surface area contributed by atoms with E-state index >= 15 is 0 Å². The van der Waals surface area contributed by atoms with Gasteiger partial charge in [0.05, 0.1) is 0 Å². The molecule has 0 aliphatic rings. The summed E-state index contributed by atoms with van der Waals surface area (Å²) in [4.78, 5) is 23.3. The van der Waals surface area contributed by atoms with Crippen LogP contribution in [0.25, 0.3) is 0 Å². The van der Waals surface area contributed by atoms with Gasteiger partial charge in [0.1, 0.15) is 19.0 Å². The van der Waals surface area contributed by atoms with Crippen molar-refractivity contribution in [1.29, 1.82) is 0 Å². The summed E-state index contributed by atoms with van der Waals surface area (Å²) in [5, 5.41) is 4.95. The molecule has 5 nitrogen and oxygen atoms in total. The Morgan fingerprint density at radius 2 is 1.87 bits per heavy atom. The van der Waals surface area contributed by atoms with Crippen LogP contribution in [0.2, 0.25) is 0 Å². The van der Waals surface area contributed by atoms with Crippen LogP contribution in [0.5, 0.6) is 0 Å². The minimum Gasteiger partial charge on any atom is -0.445 e. The number of aryl methyl sites for hydroxylation is 1. The average Bonchev–Trinajstić information content (AvgIpc) is 2.54. The number of amides is 2. The number of alkyl carbamates (subject to hydrolysis) is 1. The van der Waals surface area contributed by atoms with Crippen LogP contribution in [-0.2, 0) is 16.1 Å². The summed E-state index contributed by atoms with van der Waals surface area (Å²) in [7, 11) is 0. The molecule has 0 saturated heterocycles. The van der Waals surface area contributed by atoms with Gasteiger partial charge in [-0.05, 0) is 36.2 Å². The number of halogens is 1. The molecule has 0 fully saturated rings. The zero-order chi connectivity index (χ0) is 16.7. The molecule has 0 spiro atoms. The highest BCUT2D eigenvalue weighted by Crippen LogP contribution is 2.15. The molecule has 2 amide bonds. The molecule has 0 unspecified atom stereocenters. The van der Waals surface area contributed by atoms with Gasteiger partial charge in [-0.2, -0.15) is 0 Å². The first-order chi connectivity index (χ1) is 11.0. The number of nitrogens with one attached hydrogen (secondary N) is 2. The Bertz CT molecular complexity index is 689. The second kappa shape index (κ2) is 7.93. The monoisotopic (exact) mass is 316 g/mol. The Balaban J connectivity index is 1.74. The standard InChI is InChI=1S/C17H17FN2O3/c1-12-9-14(18)7-8-15(12)20-16(21)10-19-17(22)23-11-13-5-3-2-4-6-13/h2-9H,10-11H2,1H3,(H,19,22)(H,20,21). The molecule has 2 rings (SSSR count). The maximum Gasteiger partial charge on any atom is 0.407 e. The lowest BCUT2D eigenvalue weighted by Crippen LogP contribution is -2.33. The summed E-state index contributed by atoms with van der Waals surface area (Å²) in [6.45, 7) is 1.58. The fraction of sp³-hybridized carbons (Fsp3) is 0.176. The lowest BCUT2D eigenvalue weighted by molar-refractivity contribution is -0.115. The van der Waals surface area contributed by atoms with Crippen molar-refractivity contribution >= 4 is 17.7 Å². The fourth-order valence-electron chi connectivity index (χ4n) is 1.89. The minimum atomic E-state index is -0.681. The van der Waals surface area contributed by atoms with E-state index in [1.165, 1.54) is 18.2 Å². The molecule has 120 valence electrons. The van der Waals surface area contributed by atoms with Gasteiger partial charge < -0.3 is 15.4 Å². The van der Waals surface area contributed by atoms with Crippen LogP contribution < -0.4 is 10.6 Å². The van der Waals surface area contributed by atoms with Crippen molar-refractivity contribution in [3.05, 3.63) is 65.5 Å². The number of benzene rings is 2. The van der Waals surface area contributed by atoms with Crippen LogP contribution in [0.1, 0.15) is 11.1 Å². The van der Waals surface area contributed by atoms with E-state index in [0.29, 0.717) is 11.3 Å². The molecular weight excluding hydrogens is 299 g/mol. The minimum absolute atomic E-state index is 0.130. The number of rotatable bonds is 5. The topological polar surface area (TPSA) is 67.4 Å². The van der Waals surface area contributed by atoms with Crippen molar-refractivity contribution in [3.8, 4) is 0 Å². The van der Waals surface area contributed by atoms with Crippen LogP contribution in [0.3, 0.4) is 0 Å². The van der Waals surface area contributed by atoms with Crippen molar-refractivity contribution in [2.24, 2.45) is 0 Å². The molecule has 0 heterocycles. The third-order valence-electron chi connectivity index (χ3n) is 3.07. The van der Waals surface area contributed by atoms with Crippen molar-refractivity contribution < 1.29 is 18.7 Å². The Labute approximate surface area is 133 Å². The highest BCUT2D eigenvalue weighted by Gasteiger charge is 2.08. The third-order valence-corrected chi connectivity index (χ3v) is 3.07. The molecule has 0 aliphatic heterocycles. The van der Waals surface area contributed by atoms with E-state index in [1.807, 2.05) is 30.3 Å². The van der Waals surface area contributed by atoms with Gasteiger partial charge in [-0.3, -0.25) is 4.79 Å². The van der Waals surface area contributed by atoms with Gasteiger partial charge in [0.25, 0.3) is 0 Å². The molecule has 23 heavy (non-hydrogen) atoms. The summed E-state index contributed by atoms with van der Waals surface area (Å²) >= 11 is 0. The van der Waals surface area contributed by atoms with Crippen LogP contribution in [0.4, 0.5) is 14.9 Å². The molecule has 0 radical (unpaired) electrons. The van der Waals surface area contributed by atoms with E-state index in [0.717, 1.165) is 5.56 Å². The van der Waals surface area contributed by atoms with Gasteiger partial charge in [-0.25, -0.2) is 9.18 Å². The Kier molecular flexibility index (Phi) is 5.68. The van der Waals surface area contributed by atoms with Gasteiger partial charge >= 0.3 is 6.09 Å². The van der Waals surface area contributed by atoms with Crippen LogP contribution in [0.15, 0.2) is 48.5 Å². The van der Waals surface area contributed by atoms with Crippen LogP contribution in [0, 0.1) is 12.7 Å². The Morgan fingerprint density at radius 3 is 2.57 bits per heavy atom. The number of hydrogen-bond donors (Lipinski definition) is 2. The second-order valence-electron chi connectivity index (χ2n) is 4.92. The number of carbonyl (C=O) groups is 2. The highest BCUT2D eigenvalue weighted by atomic mass is 19.1. The van der Waals surface area contributed by atoms with Crippen LogP contribution >= 0.6 is 0 Å². The molecular formula is C17H17FN2O3. The zero-order valence-electron chi connectivity index (χ0n) is 12.6. The second-order valence-corrected chi connectivity index (χ2v) is 4.92. The fourth-order valence-corrected chi connectivity index (χ4v) is 1.89. The van der Waals surface area contributed by atoms with E-state index in [-0.39, 0.29) is 19.0 Å². The van der Waals surface area contributed by atoms with Crippen molar-refractivity contribution in [1.82, 2.24) is 5.32 Å². The van der Waals surface area contributed by atoms with E-state index in [2.05, 4.69) is 10.6 Å².